The number of benzene rings is 2. The maximum absolute atomic E-state index is 13.6. The Bertz CT molecular complexity index is 1490. The number of halogens is 1. The number of thiazole rings is 1. The summed E-state index contributed by atoms with van der Waals surface area (Å²) in [7, 11) is 0. The van der Waals surface area contributed by atoms with Gasteiger partial charge in [-0.2, -0.15) is 0 Å². The molecule has 1 aromatic heterocycles. The van der Waals surface area contributed by atoms with Gasteiger partial charge in [0.2, 0.25) is 6.79 Å². The smallest absolute Gasteiger partial charge is 0.338 e. The number of hydrogen-bond acceptors (Lipinski definition) is 7. The second kappa shape index (κ2) is 8.53. The average Bonchev–Trinajstić information content (AvgIpc) is 3.37. The molecular formula is C24H19ClN2O5S. The van der Waals surface area contributed by atoms with Gasteiger partial charge in [0.25, 0.3) is 5.56 Å². The fourth-order valence-corrected chi connectivity index (χ4v) is 5.22. The molecule has 7 nitrogen and oxygen atoms in total. The van der Waals surface area contributed by atoms with Crippen LogP contribution < -0.4 is 24.4 Å². The monoisotopic (exact) mass is 482 g/mol. The zero-order valence-electron chi connectivity index (χ0n) is 17.8. The van der Waals surface area contributed by atoms with Crippen molar-refractivity contribution in [1.82, 2.24) is 4.57 Å². The van der Waals surface area contributed by atoms with Crippen LogP contribution in [0.4, 0.5) is 0 Å². The molecule has 0 bridgehead atoms. The minimum atomic E-state index is -0.743. The van der Waals surface area contributed by atoms with Crippen LogP contribution in [0.1, 0.15) is 31.0 Å². The highest BCUT2D eigenvalue weighted by atomic mass is 35.5. The molecule has 3 aromatic rings. The molecule has 0 spiro atoms. The van der Waals surface area contributed by atoms with E-state index in [9.17, 15) is 9.59 Å². The molecule has 168 valence electrons. The van der Waals surface area contributed by atoms with Crippen molar-refractivity contribution in [2.75, 3.05) is 13.4 Å². The largest absolute Gasteiger partial charge is 0.463 e. The maximum atomic E-state index is 13.6. The first-order valence-corrected chi connectivity index (χ1v) is 11.5. The summed E-state index contributed by atoms with van der Waals surface area (Å²) in [6, 6.07) is 11.9. The van der Waals surface area contributed by atoms with Crippen molar-refractivity contribution in [1.29, 1.82) is 0 Å². The Kier molecular flexibility index (Phi) is 5.55. The van der Waals surface area contributed by atoms with Gasteiger partial charge in [-0.25, -0.2) is 9.79 Å². The summed E-state index contributed by atoms with van der Waals surface area (Å²) in [5.41, 5.74) is 1.95. The summed E-state index contributed by atoms with van der Waals surface area (Å²) in [6.07, 6.45) is 1.78. The summed E-state index contributed by atoms with van der Waals surface area (Å²) in [5.74, 6) is 0.779. The van der Waals surface area contributed by atoms with Gasteiger partial charge in [-0.3, -0.25) is 9.36 Å². The van der Waals surface area contributed by atoms with Crippen LogP contribution in [0.5, 0.6) is 11.5 Å². The zero-order valence-corrected chi connectivity index (χ0v) is 19.4. The van der Waals surface area contributed by atoms with Crippen molar-refractivity contribution in [2.24, 2.45) is 4.99 Å². The van der Waals surface area contributed by atoms with Gasteiger partial charge in [0, 0.05) is 5.02 Å². The van der Waals surface area contributed by atoms with E-state index >= 15 is 0 Å². The number of fused-ring (bicyclic) bond motifs is 2. The van der Waals surface area contributed by atoms with Crippen molar-refractivity contribution < 1.29 is 19.0 Å². The number of esters is 1. The minimum absolute atomic E-state index is 0.175. The van der Waals surface area contributed by atoms with Crippen LogP contribution in [-0.4, -0.2) is 23.9 Å². The average molecular weight is 483 g/mol. The number of ether oxygens (including phenoxy) is 3. The fourth-order valence-electron chi connectivity index (χ4n) is 3.94. The molecule has 9 heteroatoms. The Morgan fingerprint density at radius 1 is 1.27 bits per heavy atom. The number of rotatable bonds is 4. The molecule has 0 fully saturated rings. The first-order valence-electron chi connectivity index (χ1n) is 10.3. The Balaban J connectivity index is 1.71. The van der Waals surface area contributed by atoms with E-state index in [-0.39, 0.29) is 19.0 Å². The highest BCUT2D eigenvalue weighted by Crippen LogP contribution is 2.35. The van der Waals surface area contributed by atoms with Crippen molar-refractivity contribution >= 4 is 35.0 Å². The first kappa shape index (κ1) is 21.5. The van der Waals surface area contributed by atoms with E-state index in [0.29, 0.717) is 42.7 Å². The van der Waals surface area contributed by atoms with Gasteiger partial charge in [-0.1, -0.05) is 47.2 Å². The topological polar surface area (TPSA) is 79.1 Å². The van der Waals surface area contributed by atoms with Crippen molar-refractivity contribution in [3.63, 3.8) is 0 Å². The van der Waals surface area contributed by atoms with Gasteiger partial charge >= 0.3 is 5.97 Å². The minimum Gasteiger partial charge on any atom is -0.463 e. The summed E-state index contributed by atoms with van der Waals surface area (Å²) in [5, 5.41) is 0.448. The molecule has 0 N–H and O–H groups in total. The van der Waals surface area contributed by atoms with Gasteiger partial charge in [-0.05, 0) is 49.2 Å². The number of nitrogens with zero attached hydrogens (tertiary/aromatic N) is 2. The molecule has 0 saturated heterocycles. The van der Waals surface area contributed by atoms with Crippen LogP contribution in [0, 0.1) is 0 Å². The second-order valence-corrected chi connectivity index (χ2v) is 8.85. The first-order chi connectivity index (χ1) is 16.0. The van der Waals surface area contributed by atoms with Crippen molar-refractivity contribution in [3.8, 4) is 11.5 Å². The van der Waals surface area contributed by atoms with Crippen LogP contribution in [0.3, 0.4) is 0 Å². The summed E-state index contributed by atoms with van der Waals surface area (Å²) in [6.45, 7) is 3.86. The SMILES string of the molecule is CCOC(=O)C1=C(C)N=c2s/c(=C\c3ccc4c(c3)OCO4)c(=O)n2[C@@H]1c1ccccc1Cl. The van der Waals surface area contributed by atoms with E-state index in [0.717, 1.165) is 5.56 Å². The molecule has 2 aliphatic heterocycles. The van der Waals surface area contributed by atoms with Crippen molar-refractivity contribution in [2.45, 2.75) is 19.9 Å². The number of aromatic nitrogens is 1. The lowest BCUT2D eigenvalue weighted by atomic mass is 9.96. The summed E-state index contributed by atoms with van der Waals surface area (Å²) < 4.78 is 18.1. The molecule has 5 rings (SSSR count). The number of carbonyl (C=O) groups is 1. The lowest BCUT2D eigenvalue weighted by Crippen LogP contribution is -2.40. The number of allylic oxidation sites excluding steroid dienone is 1. The summed E-state index contributed by atoms with van der Waals surface area (Å²) in [4.78, 5) is 31.5. The Morgan fingerprint density at radius 3 is 2.85 bits per heavy atom. The van der Waals surface area contributed by atoms with E-state index < -0.39 is 12.0 Å². The molecular weight excluding hydrogens is 464 g/mol. The Labute approximate surface area is 197 Å². The second-order valence-electron chi connectivity index (χ2n) is 7.44. The van der Waals surface area contributed by atoms with Crippen LogP contribution in [0.2, 0.25) is 5.02 Å². The van der Waals surface area contributed by atoms with E-state index in [1.807, 2.05) is 18.2 Å². The van der Waals surface area contributed by atoms with E-state index in [1.165, 1.54) is 15.9 Å². The van der Waals surface area contributed by atoms with Gasteiger partial charge in [-0.15, -0.1) is 0 Å². The third-order valence-electron chi connectivity index (χ3n) is 5.41. The molecule has 3 heterocycles. The molecule has 0 unspecified atom stereocenters. The molecule has 0 aliphatic carbocycles. The van der Waals surface area contributed by atoms with Crippen LogP contribution >= 0.6 is 22.9 Å². The molecule has 0 amide bonds. The van der Waals surface area contributed by atoms with Crippen LogP contribution in [-0.2, 0) is 9.53 Å². The van der Waals surface area contributed by atoms with E-state index in [1.54, 1.807) is 44.2 Å². The predicted octanol–water partition coefficient (Wildman–Crippen LogP) is 3.18. The molecule has 0 saturated carbocycles. The molecule has 2 aliphatic rings. The van der Waals surface area contributed by atoms with E-state index in [4.69, 9.17) is 25.8 Å². The Morgan fingerprint density at radius 2 is 2.06 bits per heavy atom. The maximum Gasteiger partial charge on any atom is 0.338 e. The fraction of sp³-hybridized carbons (Fsp3) is 0.208. The molecule has 33 heavy (non-hydrogen) atoms. The van der Waals surface area contributed by atoms with Gasteiger partial charge < -0.3 is 14.2 Å². The van der Waals surface area contributed by atoms with Gasteiger partial charge in [0.15, 0.2) is 16.3 Å². The van der Waals surface area contributed by atoms with Gasteiger partial charge in [0.1, 0.15) is 6.04 Å². The van der Waals surface area contributed by atoms with E-state index in [2.05, 4.69) is 4.99 Å². The quantitative estimate of drug-likeness (QED) is 0.534. The van der Waals surface area contributed by atoms with Gasteiger partial charge in [0.05, 0.1) is 22.4 Å². The van der Waals surface area contributed by atoms with Crippen molar-refractivity contribution in [3.05, 3.63) is 89.6 Å². The lowest BCUT2D eigenvalue weighted by molar-refractivity contribution is -0.139. The summed E-state index contributed by atoms with van der Waals surface area (Å²) >= 11 is 7.76. The van der Waals surface area contributed by atoms with Crippen LogP contribution in [0.25, 0.3) is 6.08 Å². The lowest BCUT2D eigenvalue weighted by Gasteiger charge is -2.25. The number of hydrogen-bond donors (Lipinski definition) is 0. The molecule has 2 aromatic carbocycles. The molecule has 1 atom stereocenters. The predicted molar refractivity (Wildman–Crippen MR) is 124 cm³/mol. The highest BCUT2D eigenvalue weighted by Gasteiger charge is 2.34. The zero-order chi connectivity index (χ0) is 23.1. The standard InChI is InChI=1S/C24H19ClN2O5S/c1-3-30-23(29)20-13(2)26-24-27(21(20)15-6-4-5-7-16(15)25)22(28)19(33-24)11-14-8-9-17-18(10-14)32-12-31-17/h4-11,21H,3,12H2,1-2H3/b19-11-/t21-/m1/s1. The highest BCUT2D eigenvalue weighted by molar-refractivity contribution is 7.07. The third kappa shape index (κ3) is 3.75. The third-order valence-corrected chi connectivity index (χ3v) is 6.74. The molecule has 0 radical (unpaired) electrons. The normalized spacial score (nSPS) is 17.1. The van der Waals surface area contributed by atoms with Crippen LogP contribution in [0.15, 0.2) is 63.5 Å². The Hall–Kier alpha value is -3.36. The number of carbonyl (C=O) groups excluding carboxylic acids is 1.